The maximum Gasteiger partial charge on any atom is 0.305 e. The van der Waals surface area contributed by atoms with Gasteiger partial charge in [-0.05, 0) is 77.0 Å². The molecule has 1 aliphatic rings. The Bertz CT molecular complexity index is 1310. The number of hydrogen-bond acceptors (Lipinski definition) is 10. The third kappa shape index (κ3) is 36.3. The summed E-state index contributed by atoms with van der Waals surface area (Å²) in [5, 5.41) is 54.2. The van der Waals surface area contributed by atoms with E-state index in [2.05, 4.69) is 55.6 Å². The summed E-state index contributed by atoms with van der Waals surface area (Å²) in [4.78, 5) is 25.0. The van der Waals surface area contributed by atoms with Crippen LogP contribution in [0.2, 0.25) is 0 Å². The lowest BCUT2D eigenvalue weighted by Gasteiger charge is -2.40. The van der Waals surface area contributed by atoms with Crippen LogP contribution in [0.25, 0.3) is 0 Å². The molecular weight excluding hydrogens is 859 g/mol. The van der Waals surface area contributed by atoms with Crippen molar-refractivity contribution in [3.05, 3.63) is 60.8 Å². The predicted octanol–water partition coefficient (Wildman–Crippen LogP) is 11.9. The first kappa shape index (κ1) is 63.4. The van der Waals surface area contributed by atoms with Crippen LogP contribution in [0.3, 0.4) is 0 Å². The van der Waals surface area contributed by atoms with Gasteiger partial charge in [0.1, 0.15) is 24.4 Å². The van der Waals surface area contributed by atoms with Gasteiger partial charge in [-0.1, -0.05) is 197 Å². The molecule has 0 saturated carbocycles. The molecule has 394 valence electrons. The van der Waals surface area contributed by atoms with Crippen molar-refractivity contribution in [2.45, 2.75) is 269 Å². The molecule has 0 aromatic heterocycles. The quantitative estimate of drug-likeness (QED) is 0.0196. The van der Waals surface area contributed by atoms with Gasteiger partial charge in [-0.15, -0.1) is 0 Å². The van der Waals surface area contributed by atoms with Crippen LogP contribution >= 0.6 is 0 Å². The van der Waals surface area contributed by atoms with E-state index in [1.54, 1.807) is 6.08 Å². The fraction of sp³-hybridized carbons (Fsp3) is 0.789. The predicted molar refractivity (Wildman–Crippen MR) is 278 cm³/mol. The number of rotatable bonds is 46. The van der Waals surface area contributed by atoms with Crippen LogP contribution in [-0.4, -0.2) is 100 Å². The lowest BCUT2D eigenvalue weighted by Crippen LogP contribution is -2.60. The molecule has 7 atom stereocenters. The van der Waals surface area contributed by atoms with E-state index in [1.807, 2.05) is 18.2 Å². The number of amides is 1. The molecular formula is C57H101NO10. The zero-order valence-corrected chi connectivity index (χ0v) is 43.0. The van der Waals surface area contributed by atoms with E-state index >= 15 is 0 Å². The fourth-order valence-corrected chi connectivity index (χ4v) is 8.15. The van der Waals surface area contributed by atoms with E-state index < -0.39 is 49.5 Å². The van der Waals surface area contributed by atoms with Gasteiger partial charge in [0.25, 0.3) is 0 Å². The average molecular weight is 960 g/mol. The van der Waals surface area contributed by atoms with Gasteiger partial charge in [-0.2, -0.15) is 0 Å². The Morgan fingerprint density at radius 3 is 1.56 bits per heavy atom. The zero-order chi connectivity index (χ0) is 49.6. The Labute approximate surface area is 414 Å². The summed E-state index contributed by atoms with van der Waals surface area (Å²) in [6.45, 7) is 4.19. The number of nitrogens with one attached hydrogen (secondary N) is 1. The Morgan fingerprint density at radius 2 is 1.01 bits per heavy atom. The molecule has 1 heterocycles. The molecule has 11 heteroatoms. The highest BCUT2D eigenvalue weighted by atomic mass is 16.7. The summed E-state index contributed by atoms with van der Waals surface area (Å²) in [5.74, 6) is -0.320. The van der Waals surface area contributed by atoms with E-state index in [9.17, 15) is 35.1 Å². The lowest BCUT2D eigenvalue weighted by atomic mass is 9.99. The lowest BCUT2D eigenvalue weighted by molar-refractivity contribution is -0.302. The monoisotopic (exact) mass is 960 g/mol. The van der Waals surface area contributed by atoms with Crippen molar-refractivity contribution in [1.82, 2.24) is 5.32 Å². The minimum Gasteiger partial charge on any atom is -0.466 e. The number of carbonyl (C=O) groups excluding carboxylic acids is 2. The topological polar surface area (TPSA) is 175 Å². The molecule has 1 fully saturated rings. The highest BCUT2D eigenvalue weighted by Crippen LogP contribution is 2.23. The average Bonchev–Trinajstić information content (AvgIpc) is 3.33. The smallest absolute Gasteiger partial charge is 0.305 e. The van der Waals surface area contributed by atoms with E-state index in [4.69, 9.17) is 14.2 Å². The molecule has 0 radical (unpaired) electrons. The number of hydrogen-bond donors (Lipinski definition) is 6. The van der Waals surface area contributed by atoms with Crippen molar-refractivity contribution >= 4 is 11.9 Å². The number of allylic oxidation sites excluding steroid dienone is 9. The van der Waals surface area contributed by atoms with E-state index in [1.165, 1.54) is 109 Å². The summed E-state index contributed by atoms with van der Waals surface area (Å²) >= 11 is 0. The van der Waals surface area contributed by atoms with Crippen molar-refractivity contribution < 1.29 is 49.3 Å². The molecule has 1 saturated heterocycles. The molecule has 1 aliphatic heterocycles. The summed E-state index contributed by atoms with van der Waals surface area (Å²) in [6.07, 6.45) is 48.8. The zero-order valence-electron chi connectivity index (χ0n) is 43.0. The van der Waals surface area contributed by atoms with Crippen molar-refractivity contribution in [3.63, 3.8) is 0 Å². The third-order valence-corrected chi connectivity index (χ3v) is 12.6. The Morgan fingerprint density at radius 1 is 0.544 bits per heavy atom. The largest absolute Gasteiger partial charge is 0.466 e. The van der Waals surface area contributed by atoms with Gasteiger partial charge in [0.05, 0.1) is 32.0 Å². The van der Waals surface area contributed by atoms with Crippen LogP contribution in [0.1, 0.15) is 226 Å². The van der Waals surface area contributed by atoms with Gasteiger partial charge >= 0.3 is 5.97 Å². The van der Waals surface area contributed by atoms with Gasteiger partial charge in [-0.3, -0.25) is 9.59 Å². The maximum absolute atomic E-state index is 13.0. The third-order valence-electron chi connectivity index (χ3n) is 12.6. The Hall–Kier alpha value is -2.64. The second-order valence-corrected chi connectivity index (χ2v) is 18.9. The number of esters is 1. The molecule has 11 nitrogen and oxygen atoms in total. The van der Waals surface area contributed by atoms with E-state index in [0.29, 0.717) is 19.4 Å². The minimum atomic E-state index is -1.59. The van der Waals surface area contributed by atoms with Gasteiger partial charge in [-0.25, -0.2) is 0 Å². The number of carbonyl (C=O) groups is 2. The first-order valence-electron chi connectivity index (χ1n) is 27.6. The SMILES string of the molecule is CCCC/C=C\C/C=C\CCCCCCCC(=O)OCCCCCCCC/C=C\C/C=C\CCC(=O)NC(COC1OC(CO)C(O)C(O)C1O)C(O)/C=C/CCCCCCCCCCCCC. The second-order valence-electron chi connectivity index (χ2n) is 18.9. The van der Waals surface area contributed by atoms with Crippen molar-refractivity contribution in [3.8, 4) is 0 Å². The number of aliphatic hydroxyl groups excluding tert-OH is 5. The molecule has 1 amide bonds. The Kier molecular flexibility index (Phi) is 43.5. The molecule has 7 unspecified atom stereocenters. The molecule has 6 N–H and O–H groups in total. The highest BCUT2D eigenvalue weighted by molar-refractivity contribution is 5.76. The van der Waals surface area contributed by atoms with E-state index in [0.717, 1.165) is 83.5 Å². The summed E-state index contributed by atoms with van der Waals surface area (Å²) in [7, 11) is 0. The first-order chi connectivity index (χ1) is 33.2. The summed E-state index contributed by atoms with van der Waals surface area (Å²) in [5.41, 5.74) is 0. The summed E-state index contributed by atoms with van der Waals surface area (Å²) in [6, 6.07) is -0.856. The van der Waals surface area contributed by atoms with Crippen molar-refractivity contribution in [2.75, 3.05) is 19.8 Å². The molecule has 0 aromatic carbocycles. The Balaban J connectivity index is 2.22. The molecule has 1 rings (SSSR count). The molecule has 68 heavy (non-hydrogen) atoms. The molecule has 0 bridgehead atoms. The fourth-order valence-electron chi connectivity index (χ4n) is 8.15. The van der Waals surface area contributed by atoms with Gasteiger partial charge in [0.2, 0.25) is 5.91 Å². The van der Waals surface area contributed by atoms with E-state index in [-0.39, 0.29) is 24.9 Å². The van der Waals surface area contributed by atoms with Crippen LogP contribution in [-0.2, 0) is 23.8 Å². The van der Waals surface area contributed by atoms with Gasteiger partial charge in [0, 0.05) is 12.8 Å². The van der Waals surface area contributed by atoms with Gasteiger partial charge < -0.3 is 45.1 Å². The highest BCUT2D eigenvalue weighted by Gasteiger charge is 2.44. The maximum atomic E-state index is 13.0. The number of unbranched alkanes of at least 4 members (excludes halogenated alkanes) is 24. The van der Waals surface area contributed by atoms with Crippen LogP contribution in [0.15, 0.2) is 60.8 Å². The summed E-state index contributed by atoms with van der Waals surface area (Å²) < 4.78 is 16.6. The number of aliphatic hydroxyl groups is 5. The molecule has 0 spiro atoms. The van der Waals surface area contributed by atoms with Crippen LogP contribution in [0.5, 0.6) is 0 Å². The minimum absolute atomic E-state index is 0.0549. The molecule has 0 aliphatic carbocycles. The first-order valence-corrected chi connectivity index (χ1v) is 27.6. The van der Waals surface area contributed by atoms with Crippen molar-refractivity contribution in [1.29, 1.82) is 0 Å². The number of ether oxygens (including phenoxy) is 3. The van der Waals surface area contributed by atoms with Crippen LogP contribution < -0.4 is 5.32 Å². The molecule has 0 aromatic rings. The van der Waals surface area contributed by atoms with Gasteiger partial charge in [0.15, 0.2) is 6.29 Å². The van der Waals surface area contributed by atoms with Crippen LogP contribution in [0.4, 0.5) is 0 Å². The van der Waals surface area contributed by atoms with Crippen molar-refractivity contribution in [2.24, 2.45) is 0 Å². The second kappa shape index (κ2) is 46.7. The standard InChI is InChI=1S/C57H101NO10/c1-3-5-7-9-11-13-15-17-21-25-29-33-37-41-45-53(62)66-46-42-38-34-30-26-22-18-20-24-28-32-36-40-44-52(61)58-49(48-67-57-56(65)55(64)54(63)51(47-59)68-57)50(60)43-39-35-31-27-23-19-16-14-12-10-8-6-4-2/h9,11,15,17,20,24,32,36,39,43,49-51,54-57,59-60,63-65H,3-8,10,12-14,16,18-19,21-23,25-31,33-35,37-38,40-42,44-48H2,1-2H3,(H,58,61)/b11-9-,17-15-,24-20-,36-32-,43-39+. The van der Waals surface area contributed by atoms with Crippen LogP contribution in [0, 0.1) is 0 Å². The normalized spacial score (nSPS) is 19.9.